The lowest BCUT2D eigenvalue weighted by Gasteiger charge is -2.06. The van der Waals surface area contributed by atoms with Crippen LogP contribution in [0, 0.1) is 10.1 Å². The standard InChI is InChI=1S/C15H12N4O3S/c16-15-18-11-6-5-9(7-13(11)23-15)14(20)17-8-10-3-1-2-4-12(10)19(21)22/h1-7H,8H2,(H2,16,18)(H,17,20). The molecule has 3 N–H and O–H groups in total. The van der Waals surface area contributed by atoms with Crippen LogP contribution in [0.2, 0.25) is 0 Å². The van der Waals surface area contributed by atoms with Gasteiger partial charge < -0.3 is 11.1 Å². The van der Waals surface area contributed by atoms with E-state index in [1.54, 1.807) is 36.4 Å². The Labute approximate surface area is 134 Å². The van der Waals surface area contributed by atoms with E-state index in [2.05, 4.69) is 10.3 Å². The van der Waals surface area contributed by atoms with Gasteiger partial charge in [0.2, 0.25) is 0 Å². The summed E-state index contributed by atoms with van der Waals surface area (Å²) in [5.41, 5.74) is 7.27. The highest BCUT2D eigenvalue weighted by molar-refractivity contribution is 7.22. The third-order valence-corrected chi connectivity index (χ3v) is 4.14. The van der Waals surface area contributed by atoms with Crippen LogP contribution in [-0.2, 0) is 6.54 Å². The first-order chi connectivity index (χ1) is 11.0. The molecule has 0 aliphatic heterocycles. The number of nitro benzene ring substituents is 1. The van der Waals surface area contributed by atoms with Gasteiger partial charge in [-0.25, -0.2) is 4.98 Å². The van der Waals surface area contributed by atoms with E-state index in [4.69, 9.17) is 5.73 Å². The molecule has 0 unspecified atom stereocenters. The highest BCUT2D eigenvalue weighted by atomic mass is 32.1. The summed E-state index contributed by atoms with van der Waals surface area (Å²) < 4.78 is 0.820. The summed E-state index contributed by atoms with van der Waals surface area (Å²) in [6.07, 6.45) is 0. The summed E-state index contributed by atoms with van der Waals surface area (Å²) in [7, 11) is 0. The first kappa shape index (κ1) is 14.9. The van der Waals surface area contributed by atoms with Gasteiger partial charge in [0.1, 0.15) is 0 Å². The van der Waals surface area contributed by atoms with Crippen molar-refractivity contribution in [2.75, 3.05) is 5.73 Å². The third kappa shape index (κ3) is 3.11. The molecule has 1 amide bonds. The second-order valence-corrected chi connectivity index (χ2v) is 5.87. The van der Waals surface area contributed by atoms with Crippen LogP contribution in [0.5, 0.6) is 0 Å². The molecule has 0 saturated heterocycles. The molecule has 23 heavy (non-hydrogen) atoms. The zero-order chi connectivity index (χ0) is 16.4. The average Bonchev–Trinajstić information content (AvgIpc) is 2.91. The number of hydrogen-bond donors (Lipinski definition) is 2. The van der Waals surface area contributed by atoms with E-state index in [1.165, 1.54) is 17.4 Å². The second-order valence-electron chi connectivity index (χ2n) is 4.80. The molecule has 0 radical (unpaired) electrons. The molecule has 0 atom stereocenters. The molecule has 3 aromatic rings. The number of fused-ring (bicyclic) bond motifs is 1. The summed E-state index contributed by atoms with van der Waals surface area (Å²) in [5.74, 6) is -0.308. The van der Waals surface area contributed by atoms with Gasteiger partial charge in [0.25, 0.3) is 11.6 Å². The summed E-state index contributed by atoms with van der Waals surface area (Å²) in [6.45, 7) is 0.0822. The van der Waals surface area contributed by atoms with Gasteiger partial charge in [-0.3, -0.25) is 14.9 Å². The first-order valence-electron chi connectivity index (χ1n) is 6.71. The largest absolute Gasteiger partial charge is 0.375 e. The Bertz CT molecular complexity index is 907. The molecule has 8 heteroatoms. The van der Waals surface area contributed by atoms with Crippen molar-refractivity contribution >= 4 is 38.3 Å². The van der Waals surface area contributed by atoms with Crippen LogP contribution in [0.4, 0.5) is 10.8 Å². The fourth-order valence-corrected chi connectivity index (χ4v) is 2.97. The quantitative estimate of drug-likeness (QED) is 0.565. The number of benzene rings is 2. The van der Waals surface area contributed by atoms with Gasteiger partial charge in [-0.15, -0.1) is 0 Å². The van der Waals surface area contributed by atoms with Crippen LogP contribution < -0.4 is 11.1 Å². The minimum Gasteiger partial charge on any atom is -0.375 e. The van der Waals surface area contributed by atoms with Crippen LogP contribution in [-0.4, -0.2) is 15.8 Å². The summed E-state index contributed by atoms with van der Waals surface area (Å²) in [6, 6.07) is 11.4. The van der Waals surface area contributed by atoms with E-state index in [9.17, 15) is 14.9 Å². The van der Waals surface area contributed by atoms with Crippen molar-refractivity contribution in [3.8, 4) is 0 Å². The number of nitrogen functional groups attached to an aromatic ring is 1. The van der Waals surface area contributed by atoms with Crippen LogP contribution in [0.25, 0.3) is 10.2 Å². The van der Waals surface area contributed by atoms with Crippen molar-refractivity contribution in [2.45, 2.75) is 6.54 Å². The van der Waals surface area contributed by atoms with E-state index in [0.717, 1.165) is 10.2 Å². The molecule has 1 aromatic heterocycles. The number of carbonyl (C=O) groups excluding carboxylic acids is 1. The second kappa shape index (κ2) is 6.01. The van der Waals surface area contributed by atoms with Gasteiger partial charge in [-0.2, -0.15) is 0 Å². The SMILES string of the molecule is Nc1nc2ccc(C(=O)NCc3ccccc3[N+](=O)[O-])cc2s1. The molecule has 0 aliphatic carbocycles. The normalized spacial score (nSPS) is 10.6. The zero-order valence-corrected chi connectivity index (χ0v) is 12.7. The number of amides is 1. The van der Waals surface area contributed by atoms with Gasteiger partial charge in [0, 0.05) is 23.7 Å². The van der Waals surface area contributed by atoms with E-state index in [1.807, 2.05) is 0 Å². The average molecular weight is 328 g/mol. The number of anilines is 1. The lowest BCUT2D eigenvalue weighted by atomic mass is 10.1. The number of thiazole rings is 1. The van der Waals surface area contributed by atoms with Crippen molar-refractivity contribution in [1.82, 2.24) is 10.3 Å². The molecule has 7 nitrogen and oxygen atoms in total. The fourth-order valence-electron chi connectivity index (χ4n) is 2.20. The van der Waals surface area contributed by atoms with Crippen LogP contribution >= 0.6 is 11.3 Å². The summed E-state index contributed by atoms with van der Waals surface area (Å²) in [4.78, 5) is 26.8. The van der Waals surface area contributed by atoms with E-state index in [-0.39, 0.29) is 18.1 Å². The predicted octanol–water partition coefficient (Wildman–Crippen LogP) is 2.72. The molecule has 1 heterocycles. The van der Waals surface area contributed by atoms with E-state index < -0.39 is 4.92 Å². The number of rotatable bonds is 4. The molecule has 116 valence electrons. The smallest absolute Gasteiger partial charge is 0.274 e. The Hall–Kier alpha value is -3.00. The lowest BCUT2D eigenvalue weighted by molar-refractivity contribution is -0.385. The predicted molar refractivity (Wildman–Crippen MR) is 88.3 cm³/mol. The maximum atomic E-state index is 12.2. The summed E-state index contributed by atoms with van der Waals surface area (Å²) >= 11 is 1.30. The molecule has 0 fully saturated rings. The van der Waals surface area contributed by atoms with Crippen molar-refractivity contribution in [1.29, 1.82) is 0 Å². The van der Waals surface area contributed by atoms with Gasteiger partial charge in [-0.1, -0.05) is 29.5 Å². The number of aromatic nitrogens is 1. The lowest BCUT2D eigenvalue weighted by Crippen LogP contribution is -2.23. The molecular formula is C15H12N4O3S. The highest BCUT2D eigenvalue weighted by Crippen LogP contribution is 2.24. The minimum atomic E-state index is -0.465. The number of nitrogens with two attached hydrogens (primary N) is 1. The number of nitrogens with one attached hydrogen (secondary N) is 1. The molecule has 0 aliphatic rings. The first-order valence-corrected chi connectivity index (χ1v) is 7.53. The Kier molecular flexibility index (Phi) is 3.90. The molecule has 0 saturated carbocycles. The van der Waals surface area contributed by atoms with Crippen LogP contribution in [0.3, 0.4) is 0 Å². The molecule has 0 bridgehead atoms. The number of nitro groups is 1. The monoisotopic (exact) mass is 328 g/mol. The molecule has 0 spiro atoms. The van der Waals surface area contributed by atoms with Gasteiger partial charge in [0.15, 0.2) is 5.13 Å². The fraction of sp³-hybridized carbons (Fsp3) is 0.0667. The van der Waals surface area contributed by atoms with Crippen LogP contribution in [0.15, 0.2) is 42.5 Å². The van der Waals surface area contributed by atoms with Gasteiger partial charge in [0.05, 0.1) is 15.1 Å². The number of para-hydroxylation sites is 1. The van der Waals surface area contributed by atoms with Crippen molar-refractivity contribution in [2.24, 2.45) is 0 Å². The Morgan fingerprint density at radius 2 is 2.09 bits per heavy atom. The molecular weight excluding hydrogens is 316 g/mol. The molecule has 2 aromatic carbocycles. The number of carbonyl (C=O) groups is 1. The van der Waals surface area contributed by atoms with Crippen molar-refractivity contribution in [3.63, 3.8) is 0 Å². The maximum Gasteiger partial charge on any atom is 0.274 e. The van der Waals surface area contributed by atoms with E-state index in [0.29, 0.717) is 16.3 Å². The summed E-state index contributed by atoms with van der Waals surface area (Å²) in [5, 5.41) is 14.1. The third-order valence-electron chi connectivity index (χ3n) is 3.29. The number of nitrogens with zero attached hydrogens (tertiary/aromatic N) is 2. The van der Waals surface area contributed by atoms with Gasteiger partial charge in [-0.05, 0) is 18.2 Å². The Balaban J connectivity index is 1.77. The van der Waals surface area contributed by atoms with E-state index >= 15 is 0 Å². The van der Waals surface area contributed by atoms with Crippen molar-refractivity contribution in [3.05, 3.63) is 63.7 Å². The topological polar surface area (TPSA) is 111 Å². The minimum absolute atomic E-state index is 0.0153. The molecule has 3 rings (SSSR count). The Morgan fingerprint density at radius 1 is 1.30 bits per heavy atom. The van der Waals surface area contributed by atoms with Crippen LogP contribution in [0.1, 0.15) is 15.9 Å². The van der Waals surface area contributed by atoms with Gasteiger partial charge >= 0.3 is 0 Å². The van der Waals surface area contributed by atoms with Crippen molar-refractivity contribution < 1.29 is 9.72 Å². The Morgan fingerprint density at radius 3 is 2.87 bits per heavy atom. The highest BCUT2D eigenvalue weighted by Gasteiger charge is 2.14. The maximum absolute atomic E-state index is 12.2. The zero-order valence-electron chi connectivity index (χ0n) is 11.9. The number of hydrogen-bond acceptors (Lipinski definition) is 6.